The van der Waals surface area contributed by atoms with E-state index in [2.05, 4.69) is 5.32 Å². The van der Waals surface area contributed by atoms with Gasteiger partial charge in [-0.15, -0.1) is 0 Å². The predicted octanol–water partition coefficient (Wildman–Crippen LogP) is 0.0534. The van der Waals surface area contributed by atoms with Gasteiger partial charge in [-0.2, -0.15) is 0 Å². The van der Waals surface area contributed by atoms with Crippen molar-refractivity contribution in [1.82, 2.24) is 5.32 Å². The average molecular weight is 222 g/mol. The van der Waals surface area contributed by atoms with Crippen LogP contribution in [0.5, 0.6) is 0 Å². The van der Waals surface area contributed by atoms with Gasteiger partial charge in [0.25, 0.3) is 0 Å². The molecule has 0 spiro atoms. The Bertz CT molecular complexity index is 325. The van der Waals surface area contributed by atoms with Crippen LogP contribution >= 0.6 is 0 Å². The van der Waals surface area contributed by atoms with Crippen molar-refractivity contribution in [1.29, 1.82) is 0 Å². The molecule has 88 valence electrons. The molecule has 0 aromatic heterocycles. The summed E-state index contributed by atoms with van der Waals surface area (Å²) >= 11 is 0. The van der Waals surface area contributed by atoms with Gasteiger partial charge in [-0.3, -0.25) is 4.79 Å². The Morgan fingerprint density at radius 2 is 2.06 bits per heavy atom. The third kappa shape index (κ3) is 4.00. The first-order valence-corrected chi connectivity index (χ1v) is 5.34. The third-order valence-corrected chi connectivity index (χ3v) is 2.31. The summed E-state index contributed by atoms with van der Waals surface area (Å²) in [6.07, 6.45) is 0.607. The summed E-state index contributed by atoms with van der Waals surface area (Å²) in [4.78, 5) is 11.4. The van der Waals surface area contributed by atoms with E-state index in [9.17, 15) is 4.79 Å². The van der Waals surface area contributed by atoms with Gasteiger partial charge in [0, 0.05) is 0 Å². The Kier molecular flexibility index (Phi) is 4.95. The van der Waals surface area contributed by atoms with Crippen LogP contribution in [0.3, 0.4) is 0 Å². The van der Waals surface area contributed by atoms with Gasteiger partial charge in [-0.1, -0.05) is 30.3 Å². The van der Waals surface area contributed by atoms with E-state index in [0.29, 0.717) is 6.42 Å². The quantitative estimate of drug-likeness (QED) is 0.659. The van der Waals surface area contributed by atoms with Gasteiger partial charge in [0.2, 0.25) is 5.91 Å². The number of aliphatic hydroxyl groups excluding tert-OH is 1. The van der Waals surface area contributed by atoms with Crippen LogP contribution in [0.15, 0.2) is 30.3 Å². The molecule has 1 amide bonds. The van der Waals surface area contributed by atoms with Crippen molar-refractivity contribution in [2.75, 3.05) is 6.61 Å². The number of nitrogens with two attached hydrogens (primary N) is 1. The van der Waals surface area contributed by atoms with E-state index in [1.54, 1.807) is 6.92 Å². The summed E-state index contributed by atoms with van der Waals surface area (Å²) < 4.78 is 0. The molecule has 0 unspecified atom stereocenters. The minimum Gasteiger partial charge on any atom is -0.394 e. The van der Waals surface area contributed by atoms with Crippen molar-refractivity contribution < 1.29 is 9.90 Å². The molecule has 4 nitrogen and oxygen atoms in total. The van der Waals surface area contributed by atoms with E-state index >= 15 is 0 Å². The topological polar surface area (TPSA) is 75.4 Å². The number of benzene rings is 1. The highest BCUT2D eigenvalue weighted by atomic mass is 16.3. The molecule has 4 N–H and O–H groups in total. The second kappa shape index (κ2) is 6.25. The Balaban J connectivity index is 2.53. The maximum Gasteiger partial charge on any atom is 0.236 e. The molecule has 0 aliphatic heterocycles. The SMILES string of the molecule is C[C@@H](N)C(=O)N[C@H](CO)Cc1ccccc1. The van der Waals surface area contributed by atoms with Gasteiger partial charge in [-0.25, -0.2) is 0 Å². The van der Waals surface area contributed by atoms with Gasteiger partial charge in [0.15, 0.2) is 0 Å². The third-order valence-electron chi connectivity index (χ3n) is 2.31. The van der Waals surface area contributed by atoms with Crippen molar-refractivity contribution in [2.24, 2.45) is 5.73 Å². The van der Waals surface area contributed by atoms with E-state index in [1.165, 1.54) is 0 Å². The van der Waals surface area contributed by atoms with E-state index in [0.717, 1.165) is 5.56 Å². The van der Waals surface area contributed by atoms with Crippen molar-refractivity contribution >= 4 is 5.91 Å². The smallest absolute Gasteiger partial charge is 0.236 e. The summed E-state index contributed by atoms with van der Waals surface area (Å²) in [6, 6.07) is 8.87. The van der Waals surface area contributed by atoms with Gasteiger partial charge in [-0.05, 0) is 18.9 Å². The lowest BCUT2D eigenvalue weighted by Gasteiger charge is -2.17. The fourth-order valence-electron chi connectivity index (χ4n) is 1.39. The molecular weight excluding hydrogens is 204 g/mol. The zero-order valence-electron chi connectivity index (χ0n) is 9.39. The lowest BCUT2D eigenvalue weighted by Crippen LogP contribution is -2.46. The van der Waals surface area contributed by atoms with Gasteiger partial charge in [0.05, 0.1) is 18.7 Å². The van der Waals surface area contributed by atoms with Crippen LogP contribution in [-0.4, -0.2) is 29.7 Å². The van der Waals surface area contributed by atoms with Crippen LogP contribution in [0.25, 0.3) is 0 Å². The largest absolute Gasteiger partial charge is 0.394 e. The van der Waals surface area contributed by atoms with Crippen LogP contribution < -0.4 is 11.1 Å². The molecule has 1 aromatic carbocycles. The normalized spacial score (nSPS) is 14.2. The highest BCUT2D eigenvalue weighted by Crippen LogP contribution is 2.02. The maximum absolute atomic E-state index is 11.4. The average Bonchev–Trinajstić information content (AvgIpc) is 2.29. The predicted molar refractivity (Wildman–Crippen MR) is 62.8 cm³/mol. The molecule has 0 saturated carbocycles. The summed E-state index contributed by atoms with van der Waals surface area (Å²) in [5.41, 5.74) is 6.51. The van der Waals surface area contributed by atoms with Gasteiger partial charge >= 0.3 is 0 Å². The van der Waals surface area contributed by atoms with Crippen LogP contribution in [0.2, 0.25) is 0 Å². The highest BCUT2D eigenvalue weighted by Gasteiger charge is 2.14. The minimum absolute atomic E-state index is 0.0899. The Labute approximate surface area is 95.5 Å². The molecule has 0 aliphatic rings. The number of rotatable bonds is 5. The van der Waals surface area contributed by atoms with Gasteiger partial charge < -0.3 is 16.2 Å². The van der Waals surface area contributed by atoms with Crippen LogP contribution in [0.4, 0.5) is 0 Å². The van der Waals surface area contributed by atoms with Crippen LogP contribution in [0, 0.1) is 0 Å². The molecule has 2 atom stereocenters. The Hall–Kier alpha value is -1.39. The molecule has 4 heteroatoms. The summed E-state index contributed by atoms with van der Waals surface area (Å²) in [7, 11) is 0. The van der Waals surface area contributed by atoms with E-state index in [-0.39, 0.29) is 18.6 Å². The standard InChI is InChI=1S/C12H18N2O2/c1-9(13)12(16)14-11(8-15)7-10-5-3-2-4-6-10/h2-6,9,11,15H,7-8,13H2,1H3,(H,14,16)/t9-,11+/m1/s1. The number of hydrogen-bond acceptors (Lipinski definition) is 3. The van der Waals surface area contributed by atoms with E-state index in [1.807, 2.05) is 30.3 Å². The lowest BCUT2D eigenvalue weighted by molar-refractivity contribution is -0.123. The summed E-state index contributed by atoms with van der Waals surface area (Å²) in [5, 5.41) is 11.9. The number of carbonyl (C=O) groups excluding carboxylic acids is 1. The number of amides is 1. The lowest BCUT2D eigenvalue weighted by atomic mass is 10.1. The van der Waals surface area contributed by atoms with E-state index < -0.39 is 6.04 Å². The second-order valence-electron chi connectivity index (χ2n) is 3.87. The summed E-state index contributed by atoms with van der Waals surface area (Å²) in [5.74, 6) is -0.241. The number of nitrogens with one attached hydrogen (secondary N) is 1. The Morgan fingerprint density at radius 3 is 2.56 bits per heavy atom. The van der Waals surface area contributed by atoms with Crippen molar-refractivity contribution in [3.63, 3.8) is 0 Å². The first kappa shape index (κ1) is 12.7. The molecule has 0 heterocycles. The van der Waals surface area contributed by atoms with Crippen LogP contribution in [-0.2, 0) is 11.2 Å². The Morgan fingerprint density at radius 1 is 1.44 bits per heavy atom. The zero-order chi connectivity index (χ0) is 12.0. The fourth-order valence-corrected chi connectivity index (χ4v) is 1.39. The zero-order valence-corrected chi connectivity index (χ0v) is 9.39. The number of aliphatic hydroxyl groups is 1. The number of carbonyl (C=O) groups is 1. The molecule has 16 heavy (non-hydrogen) atoms. The first-order chi connectivity index (χ1) is 7.63. The molecule has 0 aliphatic carbocycles. The molecule has 0 saturated heterocycles. The first-order valence-electron chi connectivity index (χ1n) is 5.34. The van der Waals surface area contributed by atoms with Crippen molar-refractivity contribution in [3.8, 4) is 0 Å². The molecule has 0 radical (unpaired) electrons. The van der Waals surface area contributed by atoms with Crippen molar-refractivity contribution in [3.05, 3.63) is 35.9 Å². The monoisotopic (exact) mass is 222 g/mol. The number of hydrogen-bond donors (Lipinski definition) is 3. The minimum atomic E-state index is -0.551. The fraction of sp³-hybridized carbons (Fsp3) is 0.417. The maximum atomic E-state index is 11.4. The van der Waals surface area contributed by atoms with Crippen molar-refractivity contribution in [2.45, 2.75) is 25.4 Å². The molecular formula is C12H18N2O2. The van der Waals surface area contributed by atoms with E-state index in [4.69, 9.17) is 10.8 Å². The molecule has 0 fully saturated rings. The second-order valence-corrected chi connectivity index (χ2v) is 3.87. The molecule has 1 aromatic rings. The highest BCUT2D eigenvalue weighted by molar-refractivity contribution is 5.81. The molecule has 0 bridgehead atoms. The summed E-state index contributed by atoms with van der Waals surface area (Å²) in [6.45, 7) is 1.53. The molecule has 1 rings (SSSR count). The van der Waals surface area contributed by atoms with Crippen LogP contribution in [0.1, 0.15) is 12.5 Å². The van der Waals surface area contributed by atoms with Gasteiger partial charge in [0.1, 0.15) is 0 Å².